The Kier molecular flexibility index (Phi) is 6.17. The summed E-state index contributed by atoms with van der Waals surface area (Å²) < 4.78 is 7.08. The quantitative estimate of drug-likeness (QED) is 0.329. The van der Waals surface area contributed by atoms with E-state index < -0.39 is 18.0 Å². The molecule has 1 atom stereocenters. The fraction of sp³-hybridized carbons (Fsp3) is 0.125. The average molecular weight is 469 g/mol. The van der Waals surface area contributed by atoms with Crippen LogP contribution in [0, 0.1) is 0 Å². The molecule has 1 unspecified atom stereocenters. The number of carbonyl (C=O) groups excluding carboxylic acids is 2. The van der Waals surface area contributed by atoms with Gasteiger partial charge in [-0.25, -0.2) is 0 Å². The van der Waals surface area contributed by atoms with Crippen molar-refractivity contribution in [1.82, 2.24) is 4.57 Å². The first-order valence-electron chi connectivity index (χ1n) is 9.80. The van der Waals surface area contributed by atoms with Crippen LogP contribution < -0.4 is 10.7 Å². The highest BCUT2D eigenvalue weighted by molar-refractivity contribution is 6.35. The number of ether oxygens (including phenoxy) is 1. The fourth-order valence-corrected chi connectivity index (χ4v) is 4.06. The van der Waals surface area contributed by atoms with Crippen LogP contribution in [0.4, 0.5) is 5.69 Å². The highest BCUT2D eigenvalue weighted by Gasteiger charge is 2.20. The molecule has 3 aromatic carbocycles. The predicted molar refractivity (Wildman–Crippen MR) is 126 cm³/mol. The van der Waals surface area contributed by atoms with E-state index in [9.17, 15) is 14.4 Å². The van der Waals surface area contributed by atoms with E-state index in [2.05, 4.69) is 5.32 Å². The second kappa shape index (κ2) is 9.02. The van der Waals surface area contributed by atoms with Crippen LogP contribution in [0.15, 0.2) is 71.5 Å². The summed E-state index contributed by atoms with van der Waals surface area (Å²) in [5.41, 5.74) is 1.51. The van der Waals surface area contributed by atoms with Gasteiger partial charge in [-0.1, -0.05) is 47.5 Å². The third-order valence-electron chi connectivity index (χ3n) is 4.97. The minimum absolute atomic E-state index is 0.103. The molecule has 6 nitrogen and oxygen atoms in total. The Morgan fingerprint density at radius 3 is 2.03 bits per heavy atom. The molecule has 0 aliphatic heterocycles. The zero-order valence-corrected chi connectivity index (χ0v) is 18.5. The van der Waals surface area contributed by atoms with Gasteiger partial charge in [0.1, 0.15) is 6.54 Å². The SMILES string of the molecule is CC(OC(=O)Cn1c2ccccc2c(=O)c2ccccc21)C(=O)Nc1cc(Cl)cc(Cl)c1. The third-order valence-corrected chi connectivity index (χ3v) is 5.41. The van der Waals surface area contributed by atoms with Crippen molar-refractivity contribution in [2.75, 3.05) is 5.32 Å². The summed E-state index contributed by atoms with van der Waals surface area (Å²) in [7, 11) is 0. The van der Waals surface area contributed by atoms with E-state index in [1.807, 2.05) is 0 Å². The summed E-state index contributed by atoms with van der Waals surface area (Å²) in [6.07, 6.45) is -1.06. The van der Waals surface area contributed by atoms with Crippen LogP contribution in [0.2, 0.25) is 10.0 Å². The number of hydrogen-bond acceptors (Lipinski definition) is 4. The molecule has 1 heterocycles. The van der Waals surface area contributed by atoms with Gasteiger partial charge in [-0.05, 0) is 49.4 Å². The van der Waals surface area contributed by atoms with E-state index in [0.717, 1.165) is 0 Å². The maximum atomic E-state index is 12.8. The second-order valence-electron chi connectivity index (χ2n) is 7.23. The number of halogens is 2. The number of benzene rings is 3. The molecule has 162 valence electrons. The molecule has 32 heavy (non-hydrogen) atoms. The van der Waals surface area contributed by atoms with Gasteiger partial charge < -0.3 is 14.6 Å². The number of nitrogens with one attached hydrogen (secondary N) is 1. The number of hydrogen-bond donors (Lipinski definition) is 1. The minimum atomic E-state index is -1.06. The number of anilines is 1. The van der Waals surface area contributed by atoms with Crippen molar-refractivity contribution < 1.29 is 14.3 Å². The van der Waals surface area contributed by atoms with Crippen LogP contribution in [0.25, 0.3) is 21.8 Å². The fourth-order valence-electron chi connectivity index (χ4n) is 3.53. The van der Waals surface area contributed by atoms with Gasteiger partial charge in [-0.2, -0.15) is 0 Å². The minimum Gasteiger partial charge on any atom is -0.451 e. The molecule has 8 heteroatoms. The number of pyridine rings is 1. The Hall–Kier alpha value is -3.35. The van der Waals surface area contributed by atoms with Crippen LogP contribution in [0.1, 0.15) is 6.92 Å². The summed E-state index contributed by atoms with van der Waals surface area (Å²) in [5.74, 6) is -1.14. The van der Waals surface area contributed by atoms with E-state index in [0.29, 0.717) is 37.5 Å². The zero-order chi connectivity index (χ0) is 22.8. The zero-order valence-electron chi connectivity index (χ0n) is 17.0. The van der Waals surface area contributed by atoms with Gasteiger partial charge >= 0.3 is 5.97 Å². The van der Waals surface area contributed by atoms with Crippen LogP contribution in [0.5, 0.6) is 0 Å². The van der Waals surface area contributed by atoms with E-state index in [1.165, 1.54) is 6.92 Å². The Balaban J connectivity index is 1.57. The maximum absolute atomic E-state index is 12.8. The van der Waals surface area contributed by atoms with Gasteiger partial charge in [-0.3, -0.25) is 14.4 Å². The van der Waals surface area contributed by atoms with Gasteiger partial charge in [0.25, 0.3) is 5.91 Å². The first-order valence-corrected chi connectivity index (χ1v) is 10.6. The molecule has 0 radical (unpaired) electrons. The molecule has 4 aromatic rings. The predicted octanol–water partition coefficient (Wildman–Crippen LogP) is 5.03. The summed E-state index contributed by atoms with van der Waals surface area (Å²) >= 11 is 11.9. The van der Waals surface area contributed by atoms with Crippen molar-refractivity contribution in [2.45, 2.75) is 19.6 Å². The monoisotopic (exact) mass is 468 g/mol. The van der Waals surface area contributed by atoms with Crippen molar-refractivity contribution in [3.8, 4) is 0 Å². The lowest BCUT2D eigenvalue weighted by atomic mass is 10.1. The van der Waals surface area contributed by atoms with E-state index >= 15 is 0 Å². The van der Waals surface area contributed by atoms with Gasteiger partial charge in [0.2, 0.25) is 0 Å². The summed E-state index contributed by atoms with van der Waals surface area (Å²) in [4.78, 5) is 38.0. The average Bonchev–Trinajstić information content (AvgIpc) is 2.76. The lowest BCUT2D eigenvalue weighted by molar-refractivity contribution is -0.153. The van der Waals surface area contributed by atoms with Crippen molar-refractivity contribution in [3.05, 3.63) is 87.0 Å². The number of amides is 1. The molecule has 1 aromatic heterocycles. The van der Waals surface area contributed by atoms with Crippen LogP contribution in [0.3, 0.4) is 0 Å². The molecule has 0 spiro atoms. The number of para-hydroxylation sites is 2. The van der Waals surface area contributed by atoms with Crippen LogP contribution in [-0.2, 0) is 20.9 Å². The van der Waals surface area contributed by atoms with Gasteiger partial charge in [0.05, 0.1) is 11.0 Å². The first kappa shape index (κ1) is 21.9. The number of carbonyl (C=O) groups is 2. The Morgan fingerprint density at radius 2 is 1.47 bits per heavy atom. The molecule has 1 amide bonds. The molecule has 1 N–H and O–H groups in total. The standard InChI is InChI=1S/C24H18Cl2N2O4/c1-14(24(31)27-17-11-15(25)10-16(26)12-17)32-22(29)13-28-20-8-4-2-6-18(20)23(30)19-7-3-5-9-21(19)28/h2-12,14H,13H2,1H3,(H,27,31). The first-order chi connectivity index (χ1) is 15.3. The smallest absolute Gasteiger partial charge is 0.326 e. The lowest BCUT2D eigenvalue weighted by Gasteiger charge is -2.17. The van der Waals surface area contributed by atoms with Crippen molar-refractivity contribution in [1.29, 1.82) is 0 Å². The van der Waals surface area contributed by atoms with E-state index in [-0.39, 0.29) is 12.0 Å². The number of rotatable bonds is 5. The molecule has 0 fully saturated rings. The summed E-state index contributed by atoms with van der Waals surface area (Å²) in [6.45, 7) is 1.31. The Bertz CT molecular complexity index is 1330. The van der Waals surface area contributed by atoms with Gasteiger partial charge in [0, 0.05) is 26.5 Å². The van der Waals surface area contributed by atoms with Crippen molar-refractivity contribution in [2.24, 2.45) is 0 Å². The summed E-state index contributed by atoms with van der Waals surface area (Å²) in [6, 6.07) is 18.7. The van der Waals surface area contributed by atoms with Crippen molar-refractivity contribution in [3.63, 3.8) is 0 Å². The molecule has 0 aliphatic rings. The highest BCUT2D eigenvalue weighted by Crippen LogP contribution is 2.23. The molecule has 0 aliphatic carbocycles. The number of esters is 1. The number of aromatic nitrogens is 1. The summed E-state index contributed by atoms with van der Waals surface area (Å²) in [5, 5.41) is 4.37. The van der Waals surface area contributed by atoms with Crippen LogP contribution in [-0.4, -0.2) is 22.5 Å². The molecule has 0 saturated heterocycles. The topological polar surface area (TPSA) is 77.4 Å². The second-order valence-corrected chi connectivity index (χ2v) is 8.10. The molecule has 0 saturated carbocycles. The molecule has 4 rings (SSSR count). The molecular weight excluding hydrogens is 451 g/mol. The van der Waals surface area contributed by atoms with Crippen LogP contribution >= 0.6 is 23.2 Å². The maximum Gasteiger partial charge on any atom is 0.326 e. The third kappa shape index (κ3) is 4.47. The number of fused-ring (bicyclic) bond motifs is 2. The molecular formula is C24H18Cl2N2O4. The Labute approximate surface area is 193 Å². The lowest BCUT2D eigenvalue weighted by Crippen LogP contribution is -2.31. The van der Waals surface area contributed by atoms with E-state index in [1.54, 1.807) is 71.3 Å². The number of nitrogens with zero attached hydrogens (tertiary/aromatic N) is 1. The Morgan fingerprint density at radius 1 is 0.938 bits per heavy atom. The van der Waals surface area contributed by atoms with E-state index in [4.69, 9.17) is 27.9 Å². The largest absolute Gasteiger partial charge is 0.451 e. The highest BCUT2D eigenvalue weighted by atomic mass is 35.5. The van der Waals surface area contributed by atoms with Gasteiger partial charge in [-0.15, -0.1) is 0 Å². The van der Waals surface area contributed by atoms with Gasteiger partial charge in [0.15, 0.2) is 11.5 Å². The normalized spacial score (nSPS) is 12.0. The molecule has 0 bridgehead atoms. The van der Waals surface area contributed by atoms with Crippen molar-refractivity contribution >= 4 is 62.6 Å².